The number of hydrogen-bond donors (Lipinski definition) is 0. The number of nitrogens with zero attached hydrogens (tertiary/aromatic N) is 2. The second kappa shape index (κ2) is 10.8. The lowest BCUT2D eigenvalue weighted by atomic mass is 9.82. The fourth-order valence-electron chi connectivity index (χ4n) is 5.78. The van der Waals surface area contributed by atoms with Crippen molar-refractivity contribution in [3.63, 3.8) is 0 Å². The molecule has 2 aliphatic rings. The zero-order chi connectivity index (χ0) is 26.8. The lowest BCUT2D eigenvalue weighted by Gasteiger charge is -2.22. The summed E-state index contributed by atoms with van der Waals surface area (Å²) in [6.07, 6.45) is 12.2. The Morgan fingerprint density at radius 2 is 1.92 bits per heavy atom. The summed E-state index contributed by atoms with van der Waals surface area (Å²) in [6, 6.07) is 12.7. The SMILES string of the molecule is C=C(C)O/N=C(\C)c1ccc2c(c1)c1c(n2CC)=C=CC=C(C(=O)c2ccc(C3CCCCC3)cc2C)C=1. The van der Waals surface area contributed by atoms with Crippen LogP contribution in [0.15, 0.2) is 71.6 Å². The Balaban J connectivity index is 1.57. The minimum absolute atomic E-state index is 0.0461. The van der Waals surface area contributed by atoms with Crippen LogP contribution in [0.25, 0.3) is 22.7 Å². The fourth-order valence-corrected chi connectivity index (χ4v) is 5.78. The molecule has 0 unspecified atom stereocenters. The first-order valence-electron chi connectivity index (χ1n) is 13.7. The molecule has 38 heavy (non-hydrogen) atoms. The van der Waals surface area contributed by atoms with Crippen LogP contribution < -0.4 is 10.6 Å². The van der Waals surface area contributed by atoms with E-state index < -0.39 is 0 Å². The van der Waals surface area contributed by atoms with E-state index in [0.29, 0.717) is 17.3 Å². The summed E-state index contributed by atoms with van der Waals surface area (Å²) in [5.74, 6) is 1.21. The van der Waals surface area contributed by atoms with E-state index in [2.05, 4.69) is 66.2 Å². The van der Waals surface area contributed by atoms with Gasteiger partial charge < -0.3 is 9.40 Å². The molecule has 0 bridgehead atoms. The van der Waals surface area contributed by atoms with Gasteiger partial charge >= 0.3 is 0 Å². The van der Waals surface area contributed by atoms with E-state index in [9.17, 15) is 4.79 Å². The molecule has 3 aromatic rings. The predicted octanol–water partition coefficient (Wildman–Crippen LogP) is 6.83. The van der Waals surface area contributed by atoms with Gasteiger partial charge in [-0.2, -0.15) is 0 Å². The van der Waals surface area contributed by atoms with Crippen LogP contribution in [-0.4, -0.2) is 16.1 Å². The highest BCUT2D eigenvalue weighted by molar-refractivity contribution is 6.15. The average molecular weight is 505 g/mol. The van der Waals surface area contributed by atoms with Crippen molar-refractivity contribution in [1.29, 1.82) is 0 Å². The highest BCUT2D eigenvalue weighted by atomic mass is 16.6. The molecule has 4 nitrogen and oxygen atoms in total. The standard InChI is InChI=1S/C34H36N2O2/c1-6-36-32-14-10-13-28(34(37)29-17-15-27(19-23(29)4)25-11-8-7-9-12-25)21-31(32)30-20-26(16-18-33(30)36)24(5)35-38-22(2)3/h10,13,15-21,25H,2,6-9,11-12H2,1,3-5H3/b35-24+. The second-order valence-electron chi connectivity index (χ2n) is 10.5. The van der Waals surface area contributed by atoms with Crippen LogP contribution in [0.2, 0.25) is 0 Å². The van der Waals surface area contributed by atoms with Gasteiger partial charge in [0.05, 0.1) is 11.1 Å². The average Bonchev–Trinajstić information content (AvgIpc) is 3.06. The number of carbonyl (C=O) groups excluding carboxylic acids is 1. The summed E-state index contributed by atoms with van der Waals surface area (Å²) < 4.78 is 2.24. The molecule has 0 saturated heterocycles. The summed E-state index contributed by atoms with van der Waals surface area (Å²) in [5.41, 5.74) is 10.1. The van der Waals surface area contributed by atoms with Crippen molar-refractivity contribution >= 4 is 34.2 Å². The van der Waals surface area contributed by atoms with Crippen LogP contribution in [0.1, 0.15) is 85.8 Å². The number of benzene rings is 2. The highest BCUT2D eigenvalue weighted by Gasteiger charge is 2.19. The molecule has 1 heterocycles. The third-order valence-corrected chi connectivity index (χ3v) is 7.79. The maximum Gasteiger partial charge on any atom is 0.193 e. The van der Waals surface area contributed by atoms with Gasteiger partial charge in [0, 0.05) is 33.8 Å². The zero-order valence-corrected chi connectivity index (χ0v) is 22.9. The number of carbonyl (C=O) groups is 1. The molecule has 0 radical (unpaired) electrons. The van der Waals surface area contributed by atoms with Crippen molar-refractivity contribution in [3.05, 3.63) is 99.3 Å². The van der Waals surface area contributed by atoms with Gasteiger partial charge in [0.1, 0.15) is 5.76 Å². The smallest absolute Gasteiger partial charge is 0.193 e. The Labute approximate surface area is 225 Å². The third-order valence-electron chi connectivity index (χ3n) is 7.79. The minimum Gasteiger partial charge on any atom is -0.362 e. The van der Waals surface area contributed by atoms with E-state index in [1.165, 1.54) is 37.7 Å². The van der Waals surface area contributed by atoms with Gasteiger partial charge in [0.15, 0.2) is 5.78 Å². The molecule has 1 fully saturated rings. The number of hydrogen-bond acceptors (Lipinski definition) is 3. The second-order valence-corrected chi connectivity index (χ2v) is 10.5. The molecule has 5 rings (SSSR count). The van der Waals surface area contributed by atoms with Crippen LogP contribution in [-0.2, 0) is 11.4 Å². The summed E-state index contributed by atoms with van der Waals surface area (Å²) in [4.78, 5) is 19.1. The predicted molar refractivity (Wildman–Crippen MR) is 157 cm³/mol. The van der Waals surface area contributed by atoms with Crippen LogP contribution in [0.5, 0.6) is 0 Å². The van der Waals surface area contributed by atoms with Gasteiger partial charge in [-0.05, 0) is 93.5 Å². The minimum atomic E-state index is 0.0461. The number of Topliss-reactive ketones (excluding diaryl/α,β-unsaturated/α-hetero) is 1. The van der Waals surface area contributed by atoms with Gasteiger partial charge in [-0.3, -0.25) is 4.79 Å². The third kappa shape index (κ3) is 4.97. The van der Waals surface area contributed by atoms with Gasteiger partial charge in [-0.25, -0.2) is 0 Å². The van der Waals surface area contributed by atoms with E-state index >= 15 is 0 Å². The summed E-state index contributed by atoms with van der Waals surface area (Å²) in [6.45, 7) is 12.4. The number of fused-ring (bicyclic) bond motifs is 3. The molecule has 0 atom stereocenters. The van der Waals surface area contributed by atoms with E-state index in [4.69, 9.17) is 4.84 Å². The number of allylic oxidation sites excluding steroid dienone is 4. The van der Waals surface area contributed by atoms with E-state index in [1.54, 1.807) is 6.92 Å². The molecule has 0 spiro atoms. The first-order valence-corrected chi connectivity index (χ1v) is 13.7. The molecule has 0 aliphatic heterocycles. The number of rotatable bonds is 7. The van der Waals surface area contributed by atoms with E-state index in [-0.39, 0.29) is 5.78 Å². The van der Waals surface area contributed by atoms with Gasteiger partial charge in [-0.1, -0.05) is 61.0 Å². The van der Waals surface area contributed by atoms with Gasteiger partial charge in [0.25, 0.3) is 0 Å². The maximum absolute atomic E-state index is 13.8. The molecule has 2 aromatic carbocycles. The molecule has 0 amide bonds. The molecule has 1 aromatic heterocycles. The maximum atomic E-state index is 13.8. The Bertz CT molecular complexity index is 1650. The lowest BCUT2D eigenvalue weighted by Crippen LogP contribution is -2.28. The topological polar surface area (TPSA) is 43.6 Å². The summed E-state index contributed by atoms with van der Waals surface area (Å²) in [5, 5.41) is 7.25. The Hall–Kier alpha value is -3.88. The van der Waals surface area contributed by atoms with Crippen molar-refractivity contribution in [2.24, 2.45) is 5.16 Å². The van der Waals surface area contributed by atoms with Crippen molar-refractivity contribution in [2.45, 2.75) is 72.3 Å². The normalized spacial score (nSPS) is 15.8. The molecule has 4 heteroatoms. The molecule has 2 aliphatic carbocycles. The quantitative estimate of drug-likeness (QED) is 0.153. The summed E-state index contributed by atoms with van der Waals surface area (Å²) >= 11 is 0. The van der Waals surface area contributed by atoms with Gasteiger partial charge in [0.2, 0.25) is 0 Å². The van der Waals surface area contributed by atoms with Crippen molar-refractivity contribution in [2.75, 3.05) is 0 Å². The molecule has 0 N–H and O–H groups in total. The van der Waals surface area contributed by atoms with E-state index in [1.807, 2.05) is 31.2 Å². The zero-order valence-electron chi connectivity index (χ0n) is 22.9. The van der Waals surface area contributed by atoms with Crippen LogP contribution in [0.4, 0.5) is 0 Å². The van der Waals surface area contributed by atoms with Crippen LogP contribution >= 0.6 is 0 Å². The van der Waals surface area contributed by atoms with Crippen LogP contribution in [0.3, 0.4) is 0 Å². The molecular formula is C34H36N2O2. The monoisotopic (exact) mass is 504 g/mol. The van der Waals surface area contributed by atoms with E-state index in [0.717, 1.165) is 50.4 Å². The van der Waals surface area contributed by atoms with Crippen molar-refractivity contribution in [3.8, 4) is 0 Å². The largest absolute Gasteiger partial charge is 0.362 e. The fraction of sp³-hybridized carbons (Fsp3) is 0.324. The lowest BCUT2D eigenvalue weighted by molar-refractivity contribution is 0.103. The Kier molecular flexibility index (Phi) is 7.35. The number of ketones is 1. The van der Waals surface area contributed by atoms with Crippen molar-refractivity contribution in [1.82, 2.24) is 4.57 Å². The van der Waals surface area contributed by atoms with Crippen molar-refractivity contribution < 1.29 is 9.63 Å². The number of oxime groups is 1. The van der Waals surface area contributed by atoms with Crippen LogP contribution in [0, 0.1) is 6.92 Å². The van der Waals surface area contributed by atoms with Gasteiger partial charge in [-0.15, -0.1) is 0 Å². The Morgan fingerprint density at radius 3 is 2.63 bits per heavy atom. The number of aryl methyl sites for hydroxylation is 2. The summed E-state index contributed by atoms with van der Waals surface area (Å²) in [7, 11) is 0. The number of aromatic nitrogens is 1. The molecule has 1 saturated carbocycles. The first-order chi connectivity index (χ1) is 18.4. The molecule has 194 valence electrons. The molecular weight excluding hydrogens is 468 g/mol. The highest BCUT2D eigenvalue weighted by Crippen LogP contribution is 2.33. The Morgan fingerprint density at radius 1 is 1.13 bits per heavy atom. The first kappa shape index (κ1) is 25.8.